The molecule has 0 bridgehead atoms. The largest absolute Gasteiger partial charge is 0.496 e. The number of halogens is 3. The third-order valence-electron chi connectivity index (χ3n) is 6.21. The topological polar surface area (TPSA) is 102 Å². The second-order valence-corrected chi connectivity index (χ2v) is 9.19. The van der Waals surface area contributed by atoms with E-state index in [1.165, 1.54) is 22.8 Å². The number of hydrogen-bond donors (Lipinski definition) is 2. The number of methoxy groups -OCH3 is 1. The van der Waals surface area contributed by atoms with E-state index >= 15 is 4.39 Å². The summed E-state index contributed by atoms with van der Waals surface area (Å²) in [7, 11) is 1.24. The third kappa shape index (κ3) is 5.76. The number of nitrogens with zero attached hydrogens (tertiary/aromatic N) is 3. The highest BCUT2D eigenvalue weighted by Gasteiger charge is 2.33. The van der Waals surface area contributed by atoms with Crippen LogP contribution in [0.1, 0.15) is 35.1 Å². The van der Waals surface area contributed by atoms with Crippen LogP contribution in [0.4, 0.5) is 14.5 Å². The number of carbonyl (C=O) groups excluding carboxylic acids is 1. The predicted molar refractivity (Wildman–Crippen MR) is 150 cm³/mol. The number of nitrogens with two attached hydrogens (primary N) is 1. The van der Waals surface area contributed by atoms with Gasteiger partial charge >= 0.3 is 0 Å². The average Bonchev–Trinajstić information content (AvgIpc) is 2.95. The van der Waals surface area contributed by atoms with Crippen LogP contribution in [0.3, 0.4) is 0 Å². The van der Waals surface area contributed by atoms with Crippen LogP contribution in [-0.4, -0.2) is 40.7 Å². The third-order valence-corrected chi connectivity index (χ3v) is 6.45. The Bertz CT molecular complexity index is 1640. The van der Waals surface area contributed by atoms with Gasteiger partial charge in [-0.15, -0.1) is 12.3 Å². The SMILES string of the molecule is C#CC[C@H](c1nc2cc(Cl)ccc2c(=O)n1Nc1ccccc1)N(CCCN)C(=O)c1c(OC)ccc(F)c1F. The number of ether oxygens (including phenoxy) is 1. The van der Waals surface area contributed by atoms with Gasteiger partial charge in [-0.3, -0.25) is 15.0 Å². The van der Waals surface area contributed by atoms with E-state index in [1.807, 2.05) is 6.07 Å². The van der Waals surface area contributed by atoms with Gasteiger partial charge in [0.15, 0.2) is 17.5 Å². The number of terminal acetylenes is 1. The maximum absolute atomic E-state index is 15.1. The lowest BCUT2D eigenvalue weighted by atomic mass is 10.1. The number of benzene rings is 3. The highest BCUT2D eigenvalue weighted by atomic mass is 35.5. The van der Waals surface area contributed by atoms with Crippen LogP contribution in [-0.2, 0) is 0 Å². The molecule has 0 fully saturated rings. The quantitative estimate of drug-likeness (QED) is 0.269. The van der Waals surface area contributed by atoms with Crippen LogP contribution in [0.25, 0.3) is 10.9 Å². The van der Waals surface area contributed by atoms with Gasteiger partial charge in [0.05, 0.1) is 23.7 Å². The molecule has 1 heterocycles. The monoisotopic (exact) mass is 565 g/mol. The van der Waals surface area contributed by atoms with Crippen molar-refractivity contribution < 1.29 is 18.3 Å². The summed E-state index contributed by atoms with van der Waals surface area (Å²) in [4.78, 5) is 33.6. The van der Waals surface area contributed by atoms with E-state index < -0.39 is 34.7 Å². The van der Waals surface area contributed by atoms with Crippen molar-refractivity contribution in [3.63, 3.8) is 0 Å². The number of anilines is 1. The number of para-hydroxylation sites is 1. The molecule has 40 heavy (non-hydrogen) atoms. The zero-order chi connectivity index (χ0) is 28.8. The minimum atomic E-state index is -1.38. The van der Waals surface area contributed by atoms with Gasteiger partial charge < -0.3 is 15.4 Å². The molecule has 206 valence electrons. The minimum absolute atomic E-state index is 0.00439. The van der Waals surface area contributed by atoms with E-state index in [2.05, 4.69) is 11.3 Å². The van der Waals surface area contributed by atoms with Crippen LogP contribution < -0.4 is 21.5 Å². The molecule has 4 rings (SSSR count). The Morgan fingerprint density at radius 3 is 2.65 bits per heavy atom. The number of hydrogen-bond acceptors (Lipinski definition) is 6. The van der Waals surface area contributed by atoms with Crippen molar-refractivity contribution in [3.05, 3.63) is 99.1 Å². The van der Waals surface area contributed by atoms with Gasteiger partial charge in [0.1, 0.15) is 17.4 Å². The summed E-state index contributed by atoms with van der Waals surface area (Å²) >= 11 is 6.19. The second kappa shape index (κ2) is 12.6. The second-order valence-electron chi connectivity index (χ2n) is 8.75. The molecule has 0 aliphatic rings. The van der Waals surface area contributed by atoms with Crippen molar-refractivity contribution >= 4 is 34.1 Å². The lowest BCUT2D eigenvalue weighted by Gasteiger charge is -2.32. The molecule has 1 atom stereocenters. The zero-order valence-electron chi connectivity index (χ0n) is 21.5. The number of rotatable bonds is 10. The molecule has 1 amide bonds. The van der Waals surface area contributed by atoms with Crippen molar-refractivity contribution in [1.29, 1.82) is 0 Å². The van der Waals surface area contributed by atoms with Gasteiger partial charge in [-0.25, -0.2) is 18.4 Å². The van der Waals surface area contributed by atoms with Gasteiger partial charge in [0.25, 0.3) is 11.5 Å². The summed E-state index contributed by atoms with van der Waals surface area (Å²) in [6.07, 6.45) is 5.90. The summed E-state index contributed by atoms with van der Waals surface area (Å²) in [5, 5.41) is 0.601. The van der Waals surface area contributed by atoms with Gasteiger partial charge in [0, 0.05) is 18.0 Å². The molecule has 0 aliphatic heterocycles. The fourth-order valence-corrected chi connectivity index (χ4v) is 4.47. The van der Waals surface area contributed by atoms with Crippen LogP contribution in [0.15, 0.2) is 65.5 Å². The van der Waals surface area contributed by atoms with E-state index in [-0.39, 0.29) is 42.0 Å². The van der Waals surface area contributed by atoms with Gasteiger partial charge in [0.2, 0.25) is 0 Å². The van der Waals surface area contributed by atoms with Gasteiger partial charge in [-0.1, -0.05) is 29.8 Å². The molecule has 3 N–H and O–H groups in total. The Labute approximate surface area is 234 Å². The fourth-order valence-electron chi connectivity index (χ4n) is 4.31. The molecule has 11 heteroatoms. The first-order valence-electron chi connectivity index (χ1n) is 12.3. The van der Waals surface area contributed by atoms with Gasteiger partial charge in [-0.05, 0) is 55.4 Å². The molecular weight excluding hydrogens is 540 g/mol. The van der Waals surface area contributed by atoms with Crippen LogP contribution >= 0.6 is 11.6 Å². The average molecular weight is 566 g/mol. The molecule has 0 spiro atoms. The van der Waals surface area contributed by atoms with E-state index in [9.17, 15) is 14.0 Å². The smallest absolute Gasteiger partial charge is 0.280 e. The van der Waals surface area contributed by atoms with E-state index in [4.69, 9.17) is 33.5 Å². The summed E-state index contributed by atoms with van der Waals surface area (Å²) in [5.74, 6) is -1.10. The summed E-state index contributed by atoms with van der Waals surface area (Å²) < 4.78 is 35.7. The summed E-state index contributed by atoms with van der Waals surface area (Å²) in [6, 6.07) is 14.4. The first-order valence-corrected chi connectivity index (χ1v) is 12.7. The zero-order valence-corrected chi connectivity index (χ0v) is 22.3. The first kappa shape index (κ1) is 28.5. The van der Waals surface area contributed by atoms with Crippen molar-refractivity contribution in [3.8, 4) is 18.1 Å². The molecule has 0 unspecified atom stereocenters. The van der Waals surface area contributed by atoms with Crippen molar-refractivity contribution in [2.24, 2.45) is 5.73 Å². The maximum Gasteiger partial charge on any atom is 0.280 e. The highest BCUT2D eigenvalue weighted by molar-refractivity contribution is 6.31. The summed E-state index contributed by atoms with van der Waals surface area (Å²) in [6.45, 7) is 0.181. The Morgan fingerprint density at radius 1 is 1.23 bits per heavy atom. The van der Waals surface area contributed by atoms with Crippen molar-refractivity contribution in [2.45, 2.75) is 18.9 Å². The predicted octanol–water partition coefficient (Wildman–Crippen LogP) is 4.77. The molecule has 0 saturated carbocycles. The van der Waals surface area contributed by atoms with E-state index in [0.717, 1.165) is 12.1 Å². The first-order chi connectivity index (χ1) is 19.3. The molecular formula is C29H26ClF2N5O3. The summed E-state index contributed by atoms with van der Waals surface area (Å²) in [5.41, 5.74) is 8.51. The molecule has 0 radical (unpaired) electrons. The van der Waals surface area contributed by atoms with Crippen molar-refractivity contribution in [1.82, 2.24) is 14.6 Å². The number of aromatic nitrogens is 2. The molecule has 1 aromatic heterocycles. The van der Waals surface area contributed by atoms with Crippen molar-refractivity contribution in [2.75, 3.05) is 25.6 Å². The number of fused-ring (bicyclic) bond motifs is 1. The molecule has 3 aromatic carbocycles. The number of amides is 1. The minimum Gasteiger partial charge on any atom is -0.496 e. The fraction of sp³-hybridized carbons (Fsp3) is 0.207. The van der Waals surface area contributed by atoms with E-state index in [1.54, 1.807) is 36.4 Å². The standard InChI is InChI=1S/C29H26ClF2N5O3/c1-3-8-23(36(16-7-15-33)29(39)25-24(40-2)14-13-21(31)26(25)32)27-34-22-17-18(30)11-12-20(22)28(38)37(27)35-19-9-5-4-6-10-19/h1,4-6,9-14,17,23,35H,7-8,15-16,33H2,2H3/t23-/m1/s1. The normalized spacial score (nSPS) is 11.6. The molecule has 8 nitrogen and oxygen atoms in total. The maximum atomic E-state index is 15.1. The van der Waals surface area contributed by atoms with Crippen LogP contribution in [0, 0.1) is 24.0 Å². The lowest BCUT2D eigenvalue weighted by molar-refractivity contribution is 0.0656. The molecule has 0 aliphatic carbocycles. The number of carbonyl (C=O) groups is 1. The Kier molecular flexibility index (Phi) is 8.99. The Morgan fingerprint density at radius 2 is 1.98 bits per heavy atom. The highest BCUT2D eigenvalue weighted by Crippen LogP contribution is 2.31. The number of nitrogens with one attached hydrogen (secondary N) is 1. The Balaban J connectivity index is 1.97. The molecule has 4 aromatic rings. The Hall–Kier alpha value is -4.46. The van der Waals surface area contributed by atoms with Crippen LogP contribution in [0.2, 0.25) is 5.02 Å². The van der Waals surface area contributed by atoms with E-state index in [0.29, 0.717) is 17.1 Å². The van der Waals surface area contributed by atoms with Gasteiger partial charge in [-0.2, -0.15) is 0 Å². The lowest BCUT2D eigenvalue weighted by Crippen LogP contribution is -2.42. The molecule has 0 saturated heterocycles. The van der Waals surface area contributed by atoms with Crippen LogP contribution in [0.5, 0.6) is 5.75 Å².